The first-order valence-corrected chi connectivity index (χ1v) is 9.51. The van der Waals surface area contributed by atoms with E-state index < -0.39 is 11.4 Å². The number of carbonyl (C=O) groups excluding carboxylic acids is 1. The molecule has 152 valence electrons. The first kappa shape index (κ1) is 21.5. The normalized spacial score (nSPS) is 11.5. The Bertz CT molecular complexity index is 864. The van der Waals surface area contributed by atoms with Crippen LogP contribution in [0, 0.1) is 33.1 Å². The summed E-state index contributed by atoms with van der Waals surface area (Å²) in [4.78, 5) is 33.0. The van der Waals surface area contributed by atoms with Crippen molar-refractivity contribution < 1.29 is 14.7 Å². The lowest BCUT2D eigenvalue weighted by atomic mass is 9.82. The minimum atomic E-state index is -0.934. The zero-order valence-corrected chi connectivity index (χ0v) is 17.5. The summed E-state index contributed by atoms with van der Waals surface area (Å²) in [7, 11) is 0. The Morgan fingerprint density at radius 3 is 2.18 bits per heavy atom. The monoisotopic (exact) mass is 387 g/mol. The van der Waals surface area contributed by atoms with Crippen molar-refractivity contribution >= 4 is 11.9 Å². The lowest BCUT2D eigenvalue weighted by Crippen LogP contribution is -2.42. The van der Waals surface area contributed by atoms with Crippen molar-refractivity contribution in [1.82, 2.24) is 25.1 Å². The van der Waals surface area contributed by atoms with E-state index in [0.717, 1.165) is 28.3 Å². The molecule has 8 heteroatoms. The number of amides is 1. The first-order chi connectivity index (χ1) is 13.1. The predicted molar refractivity (Wildman–Crippen MR) is 105 cm³/mol. The van der Waals surface area contributed by atoms with E-state index in [4.69, 9.17) is 0 Å². The molecule has 0 aliphatic heterocycles. The van der Waals surface area contributed by atoms with Crippen LogP contribution in [0.4, 0.5) is 0 Å². The van der Waals surface area contributed by atoms with Gasteiger partial charge in [-0.25, -0.2) is 14.6 Å². The predicted octanol–water partition coefficient (Wildman–Crippen LogP) is 2.45. The van der Waals surface area contributed by atoms with Crippen molar-refractivity contribution in [1.29, 1.82) is 0 Å². The molecule has 0 aliphatic rings. The number of hydrogen-bond donors (Lipinski definition) is 2. The second kappa shape index (κ2) is 8.50. The van der Waals surface area contributed by atoms with Gasteiger partial charge in [-0.1, -0.05) is 13.8 Å². The molecule has 0 fully saturated rings. The number of carboxylic acid groups (broad SMARTS) is 1. The Kier molecular flexibility index (Phi) is 6.53. The average molecular weight is 387 g/mol. The maximum atomic E-state index is 12.5. The highest BCUT2D eigenvalue weighted by Crippen LogP contribution is 2.26. The van der Waals surface area contributed by atoms with E-state index in [9.17, 15) is 14.7 Å². The molecular weight excluding hydrogens is 358 g/mol. The van der Waals surface area contributed by atoms with Crippen LogP contribution < -0.4 is 5.32 Å². The number of carboxylic acids is 1. The fraction of sp³-hybridized carbons (Fsp3) is 0.550. The molecule has 2 N–H and O–H groups in total. The Labute approximate surface area is 165 Å². The van der Waals surface area contributed by atoms with Crippen LogP contribution in [0.2, 0.25) is 0 Å². The van der Waals surface area contributed by atoms with Crippen LogP contribution in [0.3, 0.4) is 0 Å². The van der Waals surface area contributed by atoms with Crippen LogP contribution in [0.5, 0.6) is 0 Å². The lowest BCUT2D eigenvalue weighted by Gasteiger charge is -2.26. The minimum Gasteiger partial charge on any atom is -0.481 e. The largest absolute Gasteiger partial charge is 0.481 e. The second-order valence-corrected chi connectivity index (χ2v) is 7.26. The number of aryl methyl sites for hydroxylation is 3. The summed E-state index contributed by atoms with van der Waals surface area (Å²) in [5, 5.41) is 16.8. The van der Waals surface area contributed by atoms with E-state index in [1.54, 1.807) is 4.68 Å². The van der Waals surface area contributed by atoms with Crippen molar-refractivity contribution in [3.8, 4) is 5.95 Å². The molecular formula is C20H29N5O3. The third-order valence-corrected chi connectivity index (χ3v) is 5.37. The van der Waals surface area contributed by atoms with Gasteiger partial charge in [0.05, 0.1) is 17.5 Å². The van der Waals surface area contributed by atoms with Gasteiger partial charge in [-0.3, -0.25) is 9.59 Å². The number of carbonyl (C=O) groups is 2. The zero-order chi connectivity index (χ0) is 21.1. The van der Waals surface area contributed by atoms with Gasteiger partial charge in [-0.2, -0.15) is 5.10 Å². The van der Waals surface area contributed by atoms with Crippen molar-refractivity contribution in [2.24, 2.45) is 5.41 Å². The SMILES string of the molecule is CCC(CC)(CNC(=O)Cc1c(C)nn(-c2nc(C)cc(C)n2)c1C)C(=O)O. The van der Waals surface area contributed by atoms with Crippen molar-refractivity contribution in [3.63, 3.8) is 0 Å². The summed E-state index contributed by atoms with van der Waals surface area (Å²) in [6, 6.07) is 1.89. The fourth-order valence-electron chi connectivity index (χ4n) is 3.30. The fourth-order valence-corrected chi connectivity index (χ4v) is 3.30. The van der Waals surface area contributed by atoms with Gasteiger partial charge in [0.15, 0.2) is 0 Å². The number of nitrogens with zero attached hydrogens (tertiary/aromatic N) is 4. The molecule has 2 aromatic rings. The van der Waals surface area contributed by atoms with Gasteiger partial charge >= 0.3 is 5.97 Å². The highest BCUT2D eigenvalue weighted by atomic mass is 16.4. The van der Waals surface area contributed by atoms with Crippen molar-refractivity contribution in [3.05, 3.63) is 34.4 Å². The summed E-state index contributed by atoms with van der Waals surface area (Å²) in [6.45, 7) is 11.3. The van der Waals surface area contributed by atoms with E-state index in [2.05, 4.69) is 20.4 Å². The van der Waals surface area contributed by atoms with Crippen molar-refractivity contribution in [2.45, 2.75) is 60.8 Å². The van der Waals surface area contributed by atoms with E-state index in [0.29, 0.717) is 18.8 Å². The average Bonchev–Trinajstić information content (AvgIpc) is 2.90. The molecule has 0 saturated carbocycles. The van der Waals surface area contributed by atoms with Gasteiger partial charge in [0.1, 0.15) is 0 Å². The molecule has 8 nitrogen and oxygen atoms in total. The second-order valence-electron chi connectivity index (χ2n) is 7.26. The Morgan fingerprint density at radius 1 is 1.11 bits per heavy atom. The summed E-state index contributed by atoms with van der Waals surface area (Å²) in [5.41, 5.74) is 3.09. The number of aliphatic carboxylic acids is 1. The summed E-state index contributed by atoms with van der Waals surface area (Å²) in [6.07, 6.45) is 1.05. The van der Waals surface area contributed by atoms with E-state index >= 15 is 0 Å². The van der Waals surface area contributed by atoms with E-state index in [-0.39, 0.29) is 18.9 Å². The quantitative estimate of drug-likeness (QED) is 0.720. The molecule has 2 rings (SSSR count). The lowest BCUT2D eigenvalue weighted by molar-refractivity contribution is -0.149. The van der Waals surface area contributed by atoms with E-state index in [1.807, 2.05) is 47.6 Å². The molecule has 0 unspecified atom stereocenters. The Balaban J connectivity index is 2.20. The van der Waals surface area contributed by atoms with Gasteiger partial charge in [-0.15, -0.1) is 0 Å². The number of nitrogens with one attached hydrogen (secondary N) is 1. The van der Waals surface area contributed by atoms with E-state index in [1.165, 1.54) is 0 Å². The molecule has 0 spiro atoms. The molecule has 0 aliphatic carbocycles. The smallest absolute Gasteiger partial charge is 0.311 e. The molecule has 0 aromatic carbocycles. The number of rotatable bonds is 8. The molecule has 2 aromatic heterocycles. The molecule has 0 radical (unpaired) electrons. The van der Waals surface area contributed by atoms with Gasteiger partial charge in [-0.05, 0) is 46.6 Å². The topological polar surface area (TPSA) is 110 Å². The standard InChI is InChI=1S/C20H29N5O3/c1-7-20(8-2,18(27)28)11-21-17(26)10-16-14(5)24-25(15(16)6)19-22-12(3)9-13(4)23-19/h9H,7-8,10-11H2,1-6H3,(H,21,26)(H,27,28). The maximum absolute atomic E-state index is 12.5. The molecule has 28 heavy (non-hydrogen) atoms. The van der Waals surface area contributed by atoms with Crippen LogP contribution in [-0.2, 0) is 16.0 Å². The molecule has 0 bridgehead atoms. The molecule has 1 amide bonds. The van der Waals surface area contributed by atoms with Gasteiger partial charge in [0, 0.05) is 29.2 Å². The van der Waals surface area contributed by atoms with Gasteiger partial charge < -0.3 is 10.4 Å². The van der Waals surface area contributed by atoms with Gasteiger partial charge in [0.25, 0.3) is 5.95 Å². The third kappa shape index (κ3) is 4.37. The Hall–Kier alpha value is -2.77. The minimum absolute atomic E-state index is 0.112. The summed E-state index contributed by atoms with van der Waals surface area (Å²) < 4.78 is 1.65. The summed E-state index contributed by atoms with van der Waals surface area (Å²) >= 11 is 0. The highest BCUT2D eigenvalue weighted by molar-refractivity contribution is 5.81. The molecule has 0 saturated heterocycles. The Morgan fingerprint density at radius 2 is 1.68 bits per heavy atom. The summed E-state index contributed by atoms with van der Waals surface area (Å²) in [5.74, 6) is -0.629. The zero-order valence-electron chi connectivity index (χ0n) is 17.5. The third-order valence-electron chi connectivity index (χ3n) is 5.37. The first-order valence-electron chi connectivity index (χ1n) is 9.51. The van der Waals surface area contributed by atoms with Crippen molar-refractivity contribution in [2.75, 3.05) is 6.54 Å². The van der Waals surface area contributed by atoms with Gasteiger partial charge in [0.2, 0.25) is 5.91 Å². The van der Waals surface area contributed by atoms with Crippen LogP contribution in [0.1, 0.15) is 55.0 Å². The number of hydrogen-bond acceptors (Lipinski definition) is 5. The van der Waals surface area contributed by atoms with Crippen LogP contribution in [-0.4, -0.2) is 43.3 Å². The molecule has 2 heterocycles. The number of aromatic nitrogens is 4. The van der Waals surface area contributed by atoms with Crippen LogP contribution in [0.25, 0.3) is 5.95 Å². The maximum Gasteiger partial charge on any atom is 0.311 e. The highest BCUT2D eigenvalue weighted by Gasteiger charge is 2.35. The van der Waals surface area contributed by atoms with Crippen LogP contribution >= 0.6 is 0 Å². The van der Waals surface area contributed by atoms with Crippen LogP contribution in [0.15, 0.2) is 6.07 Å². The molecule has 0 atom stereocenters.